The molecule has 0 fully saturated rings. The molecule has 0 atom stereocenters. The first-order valence-corrected chi connectivity index (χ1v) is 6.84. The molecule has 102 valence electrons. The zero-order valence-electron chi connectivity index (χ0n) is 11.8. The Hall–Kier alpha value is -3.36. The molecule has 2 nitrogen and oxygen atoms in total. The van der Waals surface area contributed by atoms with Crippen LogP contribution < -0.4 is 0 Å². The van der Waals surface area contributed by atoms with Crippen LogP contribution in [-0.2, 0) is 0 Å². The topological polar surface area (TPSA) is 25.8 Å². The average molecular weight is 280 g/mol. The first-order chi connectivity index (χ1) is 10.9. The van der Waals surface area contributed by atoms with E-state index in [1.54, 1.807) is 24.8 Å². The lowest BCUT2D eigenvalue weighted by molar-refractivity contribution is 1.32. The van der Waals surface area contributed by atoms with Crippen LogP contribution in [0.1, 0.15) is 22.3 Å². The van der Waals surface area contributed by atoms with Gasteiger partial charge in [0.25, 0.3) is 0 Å². The number of aromatic nitrogens is 2. The van der Waals surface area contributed by atoms with Gasteiger partial charge in [0.1, 0.15) is 0 Å². The van der Waals surface area contributed by atoms with Gasteiger partial charge in [0.2, 0.25) is 0 Å². The highest BCUT2D eigenvalue weighted by Gasteiger charge is 1.90. The summed E-state index contributed by atoms with van der Waals surface area (Å²) >= 11 is 0. The molecule has 3 aromatic rings. The van der Waals surface area contributed by atoms with Crippen LogP contribution in [0.5, 0.6) is 0 Å². The molecule has 0 bridgehead atoms. The Bertz CT molecular complexity index is 783. The summed E-state index contributed by atoms with van der Waals surface area (Å²) in [6.45, 7) is 0. The first kappa shape index (κ1) is 13.6. The van der Waals surface area contributed by atoms with Crippen molar-refractivity contribution in [3.05, 3.63) is 95.6 Å². The minimum atomic E-state index is 0.955. The van der Waals surface area contributed by atoms with Gasteiger partial charge in [0.15, 0.2) is 0 Å². The second-order valence-corrected chi connectivity index (χ2v) is 4.55. The number of hydrogen-bond donors (Lipinski definition) is 0. The summed E-state index contributed by atoms with van der Waals surface area (Å²) < 4.78 is 0. The smallest absolute Gasteiger partial charge is 0.0280 e. The molecule has 1 aromatic carbocycles. The zero-order chi connectivity index (χ0) is 15.0. The third-order valence-corrected chi connectivity index (χ3v) is 2.95. The first-order valence-electron chi connectivity index (χ1n) is 6.84. The maximum atomic E-state index is 3.97. The molecule has 0 saturated carbocycles. The highest BCUT2D eigenvalue weighted by Crippen LogP contribution is 2.03. The van der Waals surface area contributed by atoms with E-state index in [0.717, 1.165) is 22.3 Å². The molecule has 0 amide bonds. The summed E-state index contributed by atoms with van der Waals surface area (Å²) in [4.78, 5) is 7.94. The van der Waals surface area contributed by atoms with Crippen molar-refractivity contribution in [2.45, 2.75) is 0 Å². The summed E-state index contributed by atoms with van der Waals surface area (Å²) in [6.07, 6.45) is 6.95. The minimum Gasteiger partial charge on any atom is -0.265 e. The zero-order valence-corrected chi connectivity index (χ0v) is 11.8. The molecule has 0 N–H and O–H groups in total. The summed E-state index contributed by atoms with van der Waals surface area (Å²) in [5, 5.41) is 0. The lowest BCUT2D eigenvalue weighted by Crippen LogP contribution is -1.79. The lowest BCUT2D eigenvalue weighted by Gasteiger charge is -1.92. The second kappa shape index (κ2) is 6.88. The maximum Gasteiger partial charge on any atom is 0.0280 e. The van der Waals surface area contributed by atoms with E-state index in [1.807, 2.05) is 48.5 Å². The normalized spacial score (nSPS) is 9.09. The van der Waals surface area contributed by atoms with E-state index in [9.17, 15) is 0 Å². The van der Waals surface area contributed by atoms with Crippen molar-refractivity contribution in [2.24, 2.45) is 0 Å². The van der Waals surface area contributed by atoms with E-state index in [0.29, 0.717) is 0 Å². The molecule has 2 heterocycles. The number of hydrogen-bond acceptors (Lipinski definition) is 2. The highest BCUT2D eigenvalue weighted by molar-refractivity contribution is 5.47. The van der Waals surface area contributed by atoms with E-state index < -0.39 is 0 Å². The van der Waals surface area contributed by atoms with Gasteiger partial charge in [-0.2, -0.15) is 0 Å². The van der Waals surface area contributed by atoms with Gasteiger partial charge in [0.05, 0.1) is 0 Å². The minimum absolute atomic E-state index is 0.955. The number of nitrogens with zero attached hydrogens (tertiary/aromatic N) is 2. The van der Waals surface area contributed by atoms with Crippen LogP contribution in [0.25, 0.3) is 0 Å². The predicted octanol–water partition coefficient (Wildman–Crippen LogP) is 3.28. The lowest BCUT2D eigenvalue weighted by atomic mass is 10.1. The van der Waals surface area contributed by atoms with E-state index in [4.69, 9.17) is 0 Å². The average Bonchev–Trinajstić information content (AvgIpc) is 2.61. The van der Waals surface area contributed by atoms with Crippen LogP contribution in [0.3, 0.4) is 0 Å². The standard InChI is InChI=1S/C20H12N2/c1-2-18(6-8-20-11-15-22-16-12-20)4-3-17(1)5-7-19-9-13-21-14-10-19/h1-4,9-16H. The van der Waals surface area contributed by atoms with Gasteiger partial charge >= 0.3 is 0 Å². The van der Waals surface area contributed by atoms with E-state index in [-0.39, 0.29) is 0 Å². The second-order valence-electron chi connectivity index (χ2n) is 4.55. The van der Waals surface area contributed by atoms with Crippen molar-refractivity contribution in [1.29, 1.82) is 0 Å². The Kier molecular flexibility index (Phi) is 4.26. The third-order valence-electron chi connectivity index (χ3n) is 2.95. The van der Waals surface area contributed by atoms with Crippen molar-refractivity contribution in [2.75, 3.05) is 0 Å². The summed E-state index contributed by atoms with van der Waals surface area (Å²) in [5.41, 5.74) is 3.84. The van der Waals surface area contributed by atoms with Gasteiger partial charge in [-0.1, -0.05) is 23.7 Å². The van der Waals surface area contributed by atoms with Gasteiger partial charge in [0, 0.05) is 47.0 Å². The fraction of sp³-hybridized carbons (Fsp3) is 0. The Labute approximate surface area is 129 Å². The van der Waals surface area contributed by atoms with Gasteiger partial charge < -0.3 is 0 Å². The summed E-state index contributed by atoms with van der Waals surface area (Å²) in [5.74, 6) is 12.5. The molecule has 0 aliphatic rings. The monoisotopic (exact) mass is 280 g/mol. The molecule has 0 aliphatic carbocycles. The molecule has 0 saturated heterocycles. The number of pyridine rings is 2. The van der Waals surface area contributed by atoms with Gasteiger partial charge in [-0.15, -0.1) is 0 Å². The Balaban J connectivity index is 1.74. The molecule has 2 aromatic heterocycles. The van der Waals surface area contributed by atoms with Crippen LogP contribution in [0.4, 0.5) is 0 Å². The molecule has 0 radical (unpaired) electrons. The predicted molar refractivity (Wildman–Crippen MR) is 86.9 cm³/mol. The Morgan fingerprint density at radius 2 is 0.682 bits per heavy atom. The van der Waals surface area contributed by atoms with Crippen LogP contribution in [0, 0.1) is 23.7 Å². The van der Waals surface area contributed by atoms with Gasteiger partial charge in [-0.25, -0.2) is 0 Å². The summed E-state index contributed by atoms with van der Waals surface area (Å²) in [6, 6.07) is 15.5. The fourth-order valence-electron chi connectivity index (χ4n) is 1.80. The van der Waals surface area contributed by atoms with Crippen molar-refractivity contribution < 1.29 is 0 Å². The molecular formula is C20H12N2. The van der Waals surface area contributed by atoms with E-state index in [2.05, 4.69) is 33.6 Å². The van der Waals surface area contributed by atoms with Crippen LogP contribution in [-0.4, -0.2) is 9.97 Å². The summed E-state index contributed by atoms with van der Waals surface area (Å²) in [7, 11) is 0. The molecule has 2 heteroatoms. The van der Waals surface area contributed by atoms with Crippen molar-refractivity contribution >= 4 is 0 Å². The highest BCUT2D eigenvalue weighted by atomic mass is 14.6. The number of rotatable bonds is 0. The van der Waals surface area contributed by atoms with Crippen LogP contribution >= 0.6 is 0 Å². The largest absolute Gasteiger partial charge is 0.265 e. The Morgan fingerprint density at radius 3 is 1.00 bits per heavy atom. The van der Waals surface area contributed by atoms with Crippen molar-refractivity contribution in [3.63, 3.8) is 0 Å². The molecule has 0 unspecified atom stereocenters. The SMILES string of the molecule is C(#Cc1ccc(C#Cc2ccncc2)cc1)c1ccncc1. The fourth-order valence-corrected chi connectivity index (χ4v) is 1.80. The van der Waals surface area contributed by atoms with E-state index >= 15 is 0 Å². The third kappa shape index (κ3) is 3.82. The molecule has 0 spiro atoms. The van der Waals surface area contributed by atoms with Crippen molar-refractivity contribution in [3.8, 4) is 23.7 Å². The quantitative estimate of drug-likeness (QED) is 0.591. The number of benzene rings is 1. The molecule has 0 aliphatic heterocycles. The van der Waals surface area contributed by atoms with Gasteiger partial charge in [-0.3, -0.25) is 9.97 Å². The molecular weight excluding hydrogens is 268 g/mol. The van der Waals surface area contributed by atoms with Gasteiger partial charge in [-0.05, 0) is 48.5 Å². The van der Waals surface area contributed by atoms with Crippen molar-refractivity contribution in [1.82, 2.24) is 9.97 Å². The van der Waals surface area contributed by atoms with Crippen LogP contribution in [0.2, 0.25) is 0 Å². The van der Waals surface area contributed by atoms with Crippen LogP contribution in [0.15, 0.2) is 73.3 Å². The maximum absolute atomic E-state index is 3.97. The molecule has 3 rings (SSSR count). The Morgan fingerprint density at radius 1 is 0.409 bits per heavy atom. The van der Waals surface area contributed by atoms with E-state index in [1.165, 1.54) is 0 Å². The molecule has 22 heavy (non-hydrogen) atoms.